The smallest absolute Gasteiger partial charge is 0.317 e. The standard InChI is InChI=1S/C39H42N6O10S/c1-26-16-35(47)45(18-27-2-6-29(7-3-27)30-8-4-28(5-9-30)24-56-25-40)33-17-31(10-11-32(26)33)41-34(46)19-43(21-37(50)51)14-12-42(20-36(48)49)13-15-44(22-38(52)53)23-39(54)55/h2-11,16-17H,12-15,18-24H2,1H3,(H,41,46)(H,48,49)(H,50,51)(H,52,53)(H,54,55). The molecule has 16 nitrogen and oxygen atoms in total. The fourth-order valence-corrected chi connectivity index (χ4v) is 6.54. The van der Waals surface area contributed by atoms with Gasteiger partial charge in [0.1, 0.15) is 5.40 Å². The summed E-state index contributed by atoms with van der Waals surface area (Å²) in [6.07, 6.45) is 0. The molecule has 0 aliphatic rings. The monoisotopic (exact) mass is 786 g/mol. The summed E-state index contributed by atoms with van der Waals surface area (Å²) < 4.78 is 1.61. The summed E-state index contributed by atoms with van der Waals surface area (Å²) >= 11 is 1.18. The average molecular weight is 787 g/mol. The number of anilines is 1. The molecule has 0 unspecified atom stereocenters. The van der Waals surface area contributed by atoms with Gasteiger partial charge >= 0.3 is 23.9 Å². The van der Waals surface area contributed by atoms with Crippen LogP contribution in [0.15, 0.2) is 77.6 Å². The molecule has 4 aromatic rings. The zero-order chi connectivity index (χ0) is 40.8. The minimum atomic E-state index is -1.25. The summed E-state index contributed by atoms with van der Waals surface area (Å²) in [7, 11) is 0. The molecule has 0 saturated carbocycles. The normalized spacial score (nSPS) is 11.2. The van der Waals surface area contributed by atoms with Crippen LogP contribution in [0.2, 0.25) is 0 Å². The number of aliphatic carboxylic acids is 4. The third kappa shape index (κ3) is 13.4. The molecular formula is C39H42N6O10S. The SMILES string of the molecule is Cc1cc(=O)n(Cc2ccc(-c3ccc(CSC#N)cc3)cc2)c2cc(NC(=O)CN(CCN(CCN(CC(=O)O)CC(=O)O)CC(=O)O)CC(=O)O)ccc12. The van der Waals surface area contributed by atoms with Gasteiger partial charge in [0.2, 0.25) is 5.91 Å². The first kappa shape index (κ1) is 42.7. The van der Waals surface area contributed by atoms with E-state index in [4.69, 9.17) is 15.5 Å². The molecule has 4 rings (SSSR count). The van der Waals surface area contributed by atoms with Crippen molar-refractivity contribution in [2.24, 2.45) is 0 Å². The molecule has 1 amide bonds. The number of amides is 1. The van der Waals surface area contributed by atoms with Gasteiger partial charge in [-0.1, -0.05) is 54.6 Å². The zero-order valence-corrected chi connectivity index (χ0v) is 31.4. The van der Waals surface area contributed by atoms with Gasteiger partial charge in [-0.3, -0.25) is 43.5 Å². The minimum absolute atomic E-state index is 0.0157. The Morgan fingerprint density at radius 3 is 1.68 bits per heavy atom. The lowest BCUT2D eigenvalue weighted by Gasteiger charge is -2.27. The summed E-state index contributed by atoms with van der Waals surface area (Å²) in [5.41, 5.74) is 5.38. The molecule has 0 spiro atoms. The molecule has 3 aromatic carbocycles. The second kappa shape index (κ2) is 20.6. The number of hydrogen-bond donors (Lipinski definition) is 5. The van der Waals surface area contributed by atoms with E-state index in [9.17, 15) is 39.0 Å². The molecule has 1 aromatic heterocycles. The molecule has 1 heterocycles. The van der Waals surface area contributed by atoms with Crippen molar-refractivity contribution in [1.29, 1.82) is 5.26 Å². The molecule has 0 atom stereocenters. The van der Waals surface area contributed by atoms with Gasteiger partial charge < -0.3 is 30.3 Å². The Balaban J connectivity index is 1.46. The molecule has 0 aliphatic heterocycles. The highest BCUT2D eigenvalue weighted by Gasteiger charge is 2.20. The number of aryl methyl sites for hydroxylation is 1. The van der Waals surface area contributed by atoms with Crippen molar-refractivity contribution in [1.82, 2.24) is 19.3 Å². The minimum Gasteiger partial charge on any atom is -0.480 e. The fourth-order valence-electron chi connectivity index (χ4n) is 6.12. The van der Waals surface area contributed by atoms with Gasteiger partial charge in [-0.05, 0) is 58.6 Å². The van der Waals surface area contributed by atoms with Crippen LogP contribution in [0.5, 0.6) is 0 Å². The van der Waals surface area contributed by atoms with Crippen molar-refractivity contribution in [2.75, 3.05) is 64.2 Å². The van der Waals surface area contributed by atoms with Crippen LogP contribution in [0.1, 0.15) is 16.7 Å². The Kier molecular flexibility index (Phi) is 15.7. The lowest BCUT2D eigenvalue weighted by atomic mass is 10.0. The van der Waals surface area contributed by atoms with E-state index in [-0.39, 0.29) is 44.8 Å². The number of hydrogen-bond acceptors (Lipinski definition) is 11. The Morgan fingerprint density at radius 1 is 0.679 bits per heavy atom. The number of nitrogens with one attached hydrogen (secondary N) is 1. The number of pyridine rings is 1. The summed E-state index contributed by atoms with van der Waals surface area (Å²) in [6, 6.07) is 22.5. The first-order chi connectivity index (χ1) is 26.7. The summed E-state index contributed by atoms with van der Waals surface area (Å²) in [6.45, 7) is -0.643. The molecule has 56 heavy (non-hydrogen) atoms. The van der Waals surface area contributed by atoms with Crippen molar-refractivity contribution in [3.8, 4) is 16.5 Å². The van der Waals surface area contributed by atoms with Gasteiger partial charge in [0.05, 0.1) is 44.8 Å². The number of carbonyl (C=O) groups is 5. The van der Waals surface area contributed by atoms with Crippen LogP contribution in [0.4, 0.5) is 5.69 Å². The maximum Gasteiger partial charge on any atom is 0.317 e. The van der Waals surface area contributed by atoms with E-state index in [1.54, 1.807) is 28.8 Å². The topological polar surface area (TPSA) is 234 Å². The number of benzene rings is 3. The molecule has 0 radical (unpaired) electrons. The van der Waals surface area contributed by atoms with Gasteiger partial charge in [-0.15, -0.1) is 0 Å². The highest BCUT2D eigenvalue weighted by atomic mass is 32.2. The predicted molar refractivity (Wildman–Crippen MR) is 209 cm³/mol. The molecule has 0 aliphatic carbocycles. The third-order valence-electron chi connectivity index (χ3n) is 8.76. The number of thioether (sulfide) groups is 1. The van der Waals surface area contributed by atoms with Crippen molar-refractivity contribution < 1.29 is 44.4 Å². The van der Waals surface area contributed by atoms with Gasteiger partial charge in [-0.25, -0.2) is 0 Å². The van der Waals surface area contributed by atoms with E-state index in [1.165, 1.54) is 21.6 Å². The van der Waals surface area contributed by atoms with E-state index in [0.29, 0.717) is 17.0 Å². The number of nitrogens with zero attached hydrogens (tertiary/aromatic N) is 5. The van der Waals surface area contributed by atoms with Crippen LogP contribution in [0.25, 0.3) is 22.0 Å². The number of nitriles is 1. The van der Waals surface area contributed by atoms with Crippen LogP contribution in [0, 0.1) is 17.6 Å². The maximum absolute atomic E-state index is 13.3. The maximum atomic E-state index is 13.3. The number of fused-ring (bicyclic) bond motifs is 1. The number of carboxylic acid groups (broad SMARTS) is 4. The average Bonchev–Trinajstić information content (AvgIpc) is 3.13. The van der Waals surface area contributed by atoms with Gasteiger partial charge in [0.15, 0.2) is 0 Å². The Bertz CT molecular complexity index is 2140. The molecule has 17 heteroatoms. The second-order valence-corrected chi connectivity index (χ2v) is 13.8. The highest BCUT2D eigenvalue weighted by Crippen LogP contribution is 2.24. The first-order valence-electron chi connectivity index (χ1n) is 17.4. The number of rotatable bonds is 22. The molecular weight excluding hydrogens is 745 g/mol. The van der Waals surface area contributed by atoms with Crippen LogP contribution >= 0.6 is 11.8 Å². The van der Waals surface area contributed by atoms with Crippen molar-refractivity contribution in [3.05, 3.63) is 99.8 Å². The second-order valence-electron chi connectivity index (χ2n) is 13.1. The van der Waals surface area contributed by atoms with Crippen molar-refractivity contribution >= 4 is 58.1 Å². The first-order valence-corrected chi connectivity index (χ1v) is 18.4. The van der Waals surface area contributed by atoms with E-state index in [1.807, 2.05) is 55.5 Å². The summed E-state index contributed by atoms with van der Waals surface area (Å²) in [5, 5.41) is 51.6. The van der Waals surface area contributed by atoms with Crippen molar-refractivity contribution in [3.63, 3.8) is 0 Å². The molecule has 5 N–H and O–H groups in total. The molecule has 0 fully saturated rings. The van der Waals surface area contributed by atoms with E-state index in [0.717, 1.165) is 38.1 Å². The molecule has 0 bridgehead atoms. The third-order valence-corrected chi connectivity index (χ3v) is 9.36. The zero-order valence-electron chi connectivity index (χ0n) is 30.6. The highest BCUT2D eigenvalue weighted by molar-refractivity contribution is 8.02. The fraction of sp³-hybridized carbons (Fsp3) is 0.308. The largest absolute Gasteiger partial charge is 0.480 e. The number of thiocyanates is 1. The van der Waals surface area contributed by atoms with Gasteiger partial charge in [0.25, 0.3) is 5.56 Å². The number of aromatic nitrogens is 1. The lowest BCUT2D eigenvalue weighted by molar-refractivity contribution is -0.143. The van der Waals surface area contributed by atoms with Gasteiger partial charge in [0, 0.05) is 49.1 Å². The van der Waals surface area contributed by atoms with Crippen LogP contribution in [-0.4, -0.2) is 128 Å². The molecule has 0 saturated heterocycles. The van der Waals surface area contributed by atoms with E-state index < -0.39 is 56.0 Å². The van der Waals surface area contributed by atoms with E-state index in [2.05, 4.69) is 10.7 Å². The van der Waals surface area contributed by atoms with Crippen LogP contribution in [0.3, 0.4) is 0 Å². The Hall–Kier alpha value is -6.06. The quantitative estimate of drug-likeness (QED) is 0.0721. The predicted octanol–water partition coefficient (Wildman–Crippen LogP) is 2.92. The van der Waals surface area contributed by atoms with Crippen molar-refractivity contribution in [2.45, 2.75) is 19.2 Å². The Morgan fingerprint density at radius 2 is 1.16 bits per heavy atom. The van der Waals surface area contributed by atoms with Crippen LogP contribution < -0.4 is 10.9 Å². The summed E-state index contributed by atoms with van der Waals surface area (Å²) in [5.74, 6) is -4.88. The van der Waals surface area contributed by atoms with Crippen LogP contribution in [-0.2, 0) is 36.3 Å². The van der Waals surface area contributed by atoms with E-state index >= 15 is 0 Å². The Labute approximate surface area is 326 Å². The lowest BCUT2D eigenvalue weighted by Crippen LogP contribution is -2.46. The van der Waals surface area contributed by atoms with Gasteiger partial charge in [-0.2, -0.15) is 5.26 Å². The number of carboxylic acids is 4. The molecule has 294 valence electrons. The number of carbonyl (C=O) groups excluding carboxylic acids is 1. The summed E-state index contributed by atoms with van der Waals surface area (Å²) in [4.78, 5) is 75.9.